The number of esters is 1. The van der Waals surface area contributed by atoms with Crippen molar-refractivity contribution in [3.63, 3.8) is 0 Å². The molecular formula is C29H28N4O8. The van der Waals surface area contributed by atoms with Crippen molar-refractivity contribution in [1.82, 2.24) is 4.90 Å². The lowest BCUT2D eigenvalue weighted by atomic mass is 10.0. The van der Waals surface area contributed by atoms with E-state index in [4.69, 9.17) is 20.9 Å². The van der Waals surface area contributed by atoms with Crippen LogP contribution >= 0.6 is 0 Å². The van der Waals surface area contributed by atoms with Crippen molar-refractivity contribution in [2.24, 2.45) is 16.5 Å². The summed E-state index contributed by atoms with van der Waals surface area (Å²) in [6.45, 7) is -0.774. The third-order valence-corrected chi connectivity index (χ3v) is 6.32. The molecule has 3 aromatic carbocycles. The quantitative estimate of drug-likeness (QED) is 0.137. The second-order valence-corrected chi connectivity index (χ2v) is 9.22. The first-order chi connectivity index (χ1) is 19.6. The number of carbonyl (C=O) groups excluding carboxylic acids is 2. The van der Waals surface area contributed by atoms with E-state index < -0.39 is 36.4 Å². The molecule has 0 bridgehead atoms. The van der Waals surface area contributed by atoms with Crippen LogP contribution in [0.3, 0.4) is 0 Å². The topological polar surface area (TPSA) is 195 Å². The summed E-state index contributed by atoms with van der Waals surface area (Å²) < 4.78 is 11.5. The molecule has 1 atom stereocenters. The van der Waals surface area contributed by atoms with E-state index in [0.717, 1.165) is 4.90 Å². The Kier molecular flexibility index (Phi) is 8.82. The third-order valence-electron chi connectivity index (χ3n) is 6.32. The van der Waals surface area contributed by atoms with E-state index >= 15 is 0 Å². The highest BCUT2D eigenvalue weighted by molar-refractivity contribution is 6.02. The second kappa shape index (κ2) is 12.6. The maximum Gasteiger partial charge on any atom is 0.343 e. The summed E-state index contributed by atoms with van der Waals surface area (Å²) in [5.74, 6) is -4.69. The van der Waals surface area contributed by atoms with E-state index in [-0.39, 0.29) is 41.6 Å². The Bertz CT molecular complexity index is 1500. The number of carboxylic acids is 2. The largest absolute Gasteiger partial charge is 0.489 e. The van der Waals surface area contributed by atoms with Gasteiger partial charge in [-0.3, -0.25) is 9.59 Å². The highest BCUT2D eigenvalue weighted by atomic mass is 16.6. The number of aliphatic carboxylic acids is 2. The summed E-state index contributed by atoms with van der Waals surface area (Å²) in [4.78, 5) is 55.7. The molecule has 41 heavy (non-hydrogen) atoms. The molecule has 0 radical (unpaired) electrons. The Balaban J connectivity index is 1.71. The number of rotatable bonds is 8. The van der Waals surface area contributed by atoms with Crippen molar-refractivity contribution < 1.29 is 38.9 Å². The van der Waals surface area contributed by atoms with E-state index in [1.165, 1.54) is 24.3 Å². The minimum absolute atomic E-state index is 0.0767. The molecule has 1 heterocycles. The molecule has 0 aromatic heterocycles. The lowest BCUT2D eigenvalue weighted by molar-refractivity contribution is -0.144. The van der Waals surface area contributed by atoms with Gasteiger partial charge < -0.3 is 36.1 Å². The summed E-state index contributed by atoms with van der Waals surface area (Å²) in [5, 5.41) is 19.5. The van der Waals surface area contributed by atoms with Crippen LogP contribution in [0.4, 0.5) is 5.69 Å². The number of nitrogens with zero attached hydrogens (tertiary/aromatic N) is 2. The number of hydrogen-bond acceptors (Lipinski definition) is 7. The van der Waals surface area contributed by atoms with Gasteiger partial charge in [-0.1, -0.05) is 36.4 Å². The van der Waals surface area contributed by atoms with Crippen LogP contribution in [0.25, 0.3) is 0 Å². The molecule has 0 aliphatic carbocycles. The highest BCUT2D eigenvalue weighted by Crippen LogP contribution is 2.35. The Labute approximate surface area is 234 Å². The number of carboxylic acid groups (broad SMARTS) is 2. The Morgan fingerprint density at radius 2 is 1.76 bits per heavy atom. The van der Waals surface area contributed by atoms with Gasteiger partial charge in [-0.2, -0.15) is 0 Å². The number of aryl methyl sites for hydroxylation is 1. The Hall–Kier alpha value is -5.39. The van der Waals surface area contributed by atoms with Crippen LogP contribution < -0.4 is 20.9 Å². The van der Waals surface area contributed by atoms with Crippen molar-refractivity contribution in [3.8, 4) is 11.5 Å². The number of carbonyl (C=O) groups is 4. The van der Waals surface area contributed by atoms with Crippen LogP contribution in [0, 0.1) is 0 Å². The van der Waals surface area contributed by atoms with Crippen LogP contribution in [-0.4, -0.2) is 64.1 Å². The number of aliphatic imine (C=N–C) groups is 1. The number of ether oxygens (including phenoxy) is 2. The fourth-order valence-electron chi connectivity index (χ4n) is 4.50. The van der Waals surface area contributed by atoms with Gasteiger partial charge in [0.05, 0.1) is 23.4 Å². The summed E-state index contributed by atoms with van der Waals surface area (Å²) in [7, 11) is 0. The monoisotopic (exact) mass is 560 g/mol. The number of guanidine groups is 1. The molecule has 1 aliphatic heterocycles. The number of para-hydroxylation sites is 1. The molecule has 0 fully saturated rings. The Morgan fingerprint density at radius 1 is 1.00 bits per heavy atom. The van der Waals surface area contributed by atoms with Gasteiger partial charge in [0.15, 0.2) is 17.5 Å². The van der Waals surface area contributed by atoms with Gasteiger partial charge in [-0.15, -0.1) is 0 Å². The number of fused-ring (bicyclic) bond motifs is 2. The smallest absolute Gasteiger partial charge is 0.343 e. The predicted octanol–water partition coefficient (Wildman–Crippen LogP) is 2.36. The van der Waals surface area contributed by atoms with Crippen molar-refractivity contribution >= 4 is 35.5 Å². The van der Waals surface area contributed by atoms with Crippen LogP contribution in [0.15, 0.2) is 71.7 Å². The second-order valence-electron chi connectivity index (χ2n) is 9.22. The summed E-state index contributed by atoms with van der Waals surface area (Å²) in [5.41, 5.74) is 12.8. The normalized spacial score (nSPS) is 13.3. The molecule has 0 saturated heterocycles. The van der Waals surface area contributed by atoms with Gasteiger partial charge in [-0.25, -0.2) is 14.6 Å². The van der Waals surface area contributed by atoms with Gasteiger partial charge in [0.25, 0.3) is 5.91 Å². The van der Waals surface area contributed by atoms with Crippen molar-refractivity contribution in [3.05, 3.63) is 89.0 Å². The highest BCUT2D eigenvalue weighted by Gasteiger charge is 2.34. The summed E-state index contributed by atoms with van der Waals surface area (Å²) >= 11 is 0. The number of hydrogen-bond donors (Lipinski definition) is 4. The standard InChI is InChI=1S/C29H28N4O8/c30-29(31)32-19-11-12-20-18(15-19)8-5-13-40-25-21(9-4-10-23(25)41-28(20)39)26(36)33(16-24(34)35)22(27(37)38)14-17-6-2-1-3-7-17/h1-4,6-7,9-12,15,22H,5,8,13-14,16H2,(H,34,35)(H,37,38)(H4,30,31,32). The van der Waals surface area contributed by atoms with Crippen molar-refractivity contribution in [2.75, 3.05) is 13.2 Å². The summed E-state index contributed by atoms with van der Waals surface area (Å²) in [6.07, 6.45) is 0.698. The predicted molar refractivity (Wildman–Crippen MR) is 147 cm³/mol. The zero-order valence-corrected chi connectivity index (χ0v) is 21.9. The zero-order valence-electron chi connectivity index (χ0n) is 21.9. The van der Waals surface area contributed by atoms with E-state index in [0.29, 0.717) is 29.7 Å². The SMILES string of the molecule is NC(N)=Nc1ccc2c(c1)CCCOc1c(cccc1C(=O)N(CC(=O)O)C(Cc1ccccc1)C(=O)O)OC2=O. The fraction of sp³-hybridized carbons (Fsp3) is 0.207. The lowest BCUT2D eigenvalue weighted by Gasteiger charge is -2.29. The molecule has 1 unspecified atom stereocenters. The van der Waals surface area contributed by atoms with Crippen LogP contribution in [-0.2, 0) is 22.4 Å². The first-order valence-electron chi connectivity index (χ1n) is 12.6. The van der Waals surface area contributed by atoms with Crippen LogP contribution in [0.2, 0.25) is 0 Å². The van der Waals surface area contributed by atoms with E-state index in [1.54, 1.807) is 42.5 Å². The first kappa shape index (κ1) is 28.6. The van der Waals surface area contributed by atoms with Gasteiger partial charge in [0, 0.05) is 6.42 Å². The van der Waals surface area contributed by atoms with Crippen molar-refractivity contribution in [2.45, 2.75) is 25.3 Å². The van der Waals surface area contributed by atoms with Gasteiger partial charge in [-0.05, 0) is 54.3 Å². The van der Waals surface area contributed by atoms with Crippen LogP contribution in [0.1, 0.15) is 38.3 Å². The molecular weight excluding hydrogens is 532 g/mol. The minimum Gasteiger partial charge on any atom is -0.489 e. The maximum absolute atomic E-state index is 13.8. The number of benzene rings is 3. The van der Waals surface area contributed by atoms with E-state index in [1.807, 2.05) is 0 Å². The average Bonchev–Trinajstić information content (AvgIpc) is 2.93. The lowest BCUT2D eigenvalue weighted by Crippen LogP contribution is -2.48. The van der Waals surface area contributed by atoms with Crippen molar-refractivity contribution in [1.29, 1.82) is 0 Å². The van der Waals surface area contributed by atoms with Crippen LogP contribution in [0.5, 0.6) is 11.5 Å². The molecule has 0 saturated carbocycles. The molecule has 3 aromatic rings. The molecule has 12 heteroatoms. The molecule has 4 rings (SSSR count). The first-order valence-corrected chi connectivity index (χ1v) is 12.6. The summed E-state index contributed by atoms with van der Waals surface area (Å²) in [6, 6.07) is 16.1. The fourth-order valence-corrected chi connectivity index (χ4v) is 4.50. The van der Waals surface area contributed by atoms with Gasteiger partial charge in [0.2, 0.25) is 0 Å². The van der Waals surface area contributed by atoms with E-state index in [9.17, 15) is 29.4 Å². The zero-order chi connectivity index (χ0) is 29.5. The number of amides is 1. The Morgan fingerprint density at radius 3 is 2.44 bits per heavy atom. The maximum atomic E-state index is 13.8. The average molecular weight is 561 g/mol. The van der Waals surface area contributed by atoms with E-state index in [2.05, 4.69) is 4.99 Å². The van der Waals surface area contributed by atoms with Gasteiger partial charge >= 0.3 is 17.9 Å². The molecule has 6 N–H and O–H groups in total. The molecule has 1 amide bonds. The molecule has 212 valence electrons. The number of nitrogens with two attached hydrogens (primary N) is 2. The molecule has 0 spiro atoms. The minimum atomic E-state index is -1.50. The third kappa shape index (κ3) is 6.98. The molecule has 1 aliphatic rings. The van der Waals surface area contributed by atoms with Gasteiger partial charge in [0.1, 0.15) is 12.6 Å². The molecule has 12 nitrogen and oxygen atoms in total.